The van der Waals surface area contributed by atoms with Crippen molar-refractivity contribution in [2.24, 2.45) is 0 Å². The van der Waals surface area contributed by atoms with Gasteiger partial charge in [0, 0.05) is 29.1 Å². The highest BCUT2D eigenvalue weighted by atomic mass is 16.5. The van der Waals surface area contributed by atoms with Crippen LogP contribution in [0, 0.1) is 6.92 Å². The second-order valence-electron chi connectivity index (χ2n) is 5.05. The Balaban J connectivity index is 2.04. The number of aryl methyl sites for hydroxylation is 1. The number of nitrogens with zero attached hydrogens (tertiary/aromatic N) is 2. The van der Waals surface area contributed by atoms with Crippen molar-refractivity contribution in [1.29, 1.82) is 0 Å². The fourth-order valence-electron chi connectivity index (χ4n) is 2.79. The van der Waals surface area contributed by atoms with E-state index in [0.717, 1.165) is 46.6 Å². The van der Waals surface area contributed by atoms with Crippen LogP contribution in [0.5, 0.6) is 5.75 Å². The van der Waals surface area contributed by atoms with E-state index in [-0.39, 0.29) is 0 Å². The number of benzene rings is 2. The van der Waals surface area contributed by atoms with Crippen LogP contribution in [0.4, 0.5) is 0 Å². The molecule has 98 valence electrons. The SMILES string of the molecule is Cc1ncc2cccc(-c3cccc4c3OCC4)c2n1. The van der Waals surface area contributed by atoms with Gasteiger partial charge < -0.3 is 4.74 Å². The number of ether oxygens (including phenoxy) is 1. The first-order valence-corrected chi connectivity index (χ1v) is 6.80. The monoisotopic (exact) mass is 262 g/mol. The third-order valence-corrected chi connectivity index (χ3v) is 3.74. The lowest BCUT2D eigenvalue weighted by molar-refractivity contribution is 0.358. The molecule has 3 heteroatoms. The Hall–Kier alpha value is -2.42. The molecule has 0 unspecified atom stereocenters. The summed E-state index contributed by atoms with van der Waals surface area (Å²) in [5, 5.41) is 1.06. The maximum atomic E-state index is 5.82. The van der Waals surface area contributed by atoms with Gasteiger partial charge in [-0.25, -0.2) is 9.97 Å². The molecule has 0 N–H and O–H groups in total. The van der Waals surface area contributed by atoms with Crippen molar-refractivity contribution < 1.29 is 4.74 Å². The van der Waals surface area contributed by atoms with Crippen LogP contribution >= 0.6 is 0 Å². The molecule has 1 aliphatic rings. The number of hydrogen-bond donors (Lipinski definition) is 0. The lowest BCUT2D eigenvalue weighted by Crippen LogP contribution is -1.93. The maximum absolute atomic E-state index is 5.82. The summed E-state index contributed by atoms with van der Waals surface area (Å²) in [5.41, 5.74) is 4.52. The van der Waals surface area contributed by atoms with Crippen LogP contribution in [-0.2, 0) is 6.42 Å². The van der Waals surface area contributed by atoms with Gasteiger partial charge in [-0.2, -0.15) is 0 Å². The second kappa shape index (κ2) is 4.30. The van der Waals surface area contributed by atoms with Crippen molar-refractivity contribution in [2.75, 3.05) is 6.61 Å². The molecule has 2 heterocycles. The van der Waals surface area contributed by atoms with Crippen LogP contribution in [0.15, 0.2) is 42.6 Å². The number of fused-ring (bicyclic) bond motifs is 2. The van der Waals surface area contributed by atoms with Gasteiger partial charge in [-0.15, -0.1) is 0 Å². The number of para-hydroxylation sites is 2. The molecule has 0 saturated carbocycles. The van der Waals surface area contributed by atoms with Gasteiger partial charge in [0.25, 0.3) is 0 Å². The standard InChI is InChI=1S/C17H14N2O/c1-11-18-10-13-5-3-6-14(16(13)19-11)15-7-2-4-12-8-9-20-17(12)15/h2-7,10H,8-9H2,1H3. The summed E-state index contributed by atoms with van der Waals surface area (Å²) < 4.78 is 5.82. The molecule has 4 rings (SSSR count). The van der Waals surface area contributed by atoms with Crippen molar-refractivity contribution >= 4 is 10.9 Å². The van der Waals surface area contributed by atoms with Crippen molar-refractivity contribution in [1.82, 2.24) is 9.97 Å². The van der Waals surface area contributed by atoms with E-state index in [1.807, 2.05) is 25.3 Å². The molecule has 20 heavy (non-hydrogen) atoms. The van der Waals surface area contributed by atoms with Gasteiger partial charge in [0.15, 0.2) is 0 Å². The Morgan fingerprint density at radius 1 is 1.05 bits per heavy atom. The van der Waals surface area contributed by atoms with Gasteiger partial charge in [0.05, 0.1) is 12.1 Å². The highest BCUT2D eigenvalue weighted by molar-refractivity contribution is 5.95. The molecule has 2 aromatic carbocycles. The largest absolute Gasteiger partial charge is 0.492 e. The normalized spacial score (nSPS) is 13.2. The highest BCUT2D eigenvalue weighted by Gasteiger charge is 2.18. The molecule has 3 nitrogen and oxygen atoms in total. The fraction of sp³-hybridized carbons (Fsp3) is 0.176. The number of rotatable bonds is 1. The van der Waals surface area contributed by atoms with Crippen molar-refractivity contribution in [3.63, 3.8) is 0 Å². The van der Waals surface area contributed by atoms with Crippen LogP contribution in [-0.4, -0.2) is 16.6 Å². The van der Waals surface area contributed by atoms with Gasteiger partial charge in [-0.1, -0.05) is 36.4 Å². The predicted octanol–water partition coefficient (Wildman–Crippen LogP) is 3.54. The zero-order valence-electron chi connectivity index (χ0n) is 11.3. The highest BCUT2D eigenvalue weighted by Crippen LogP contribution is 2.38. The molecule has 0 radical (unpaired) electrons. The molecule has 3 aromatic rings. The third-order valence-electron chi connectivity index (χ3n) is 3.74. The predicted molar refractivity (Wildman–Crippen MR) is 78.9 cm³/mol. The lowest BCUT2D eigenvalue weighted by atomic mass is 9.99. The van der Waals surface area contributed by atoms with E-state index in [9.17, 15) is 0 Å². The molecular weight excluding hydrogens is 248 g/mol. The molecular formula is C17H14N2O. The van der Waals surface area contributed by atoms with Gasteiger partial charge in [0.2, 0.25) is 0 Å². The summed E-state index contributed by atoms with van der Waals surface area (Å²) in [7, 11) is 0. The summed E-state index contributed by atoms with van der Waals surface area (Å²) in [6.45, 7) is 2.69. The molecule has 0 spiro atoms. The van der Waals surface area contributed by atoms with E-state index >= 15 is 0 Å². The first-order valence-electron chi connectivity index (χ1n) is 6.80. The van der Waals surface area contributed by atoms with E-state index < -0.39 is 0 Å². The summed E-state index contributed by atoms with van der Waals surface area (Å²) in [6.07, 6.45) is 2.87. The maximum Gasteiger partial charge on any atom is 0.130 e. The van der Waals surface area contributed by atoms with E-state index in [2.05, 4.69) is 34.2 Å². The molecule has 0 aliphatic carbocycles. The number of aromatic nitrogens is 2. The van der Waals surface area contributed by atoms with Crippen LogP contribution in [0.25, 0.3) is 22.0 Å². The summed E-state index contributed by atoms with van der Waals surface area (Å²) in [5.74, 6) is 1.80. The summed E-state index contributed by atoms with van der Waals surface area (Å²) in [4.78, 5) is 8.88. The average molecular weight is 262 g/mol. The Bertz CT molecular complexity index is 811. The first kappa shape index (κ1) is 11.4. The quantitative estimate of drug-likeness (QED) is 0.672. The second-order valence-corrected chi connectivity index (χ2v) is 5.05. The molecule has 0 saturated heterocycles. The van der Waals surface area contributed by atoms with Crippen molar-refractivity contribution in [2.45, 2.75) is 13.3 Å². The Labute approximate surface area is 117 Å². The topological polar surface area (TPSA) is 35.0 Å². The minimum Gasteiger partial charge on any atom is -0.492 e. The van der Waals surface area contributed by atoms with Crippen LogP contribution < -0.4 is 4.74 Å². The first-order chi connectivity index (χ1) is 9.83. The van der Waals surface area contributed by atoms with Crippen LogP contribution in [0.3, 0.4) is 0 Å². The summed E-state index contributed by atoms with van der Waals surface area (Å²) >= 11 is 0. The zero-order chi connectivity index (χ0) is 13.5. The minimum absolute atomic E-state index is 0.769. The molecule has 0 atom stereocenters. The van der Waals surface area contributed by atoms with Gasteiger partial charge >= 0.3 is 0 Å². The molecule has 0 bridgehead atoms. The van der Waals surface area contributed by atoms with E-state index in [1.165, 1.54) is 5.56 Å². The minimum atomic E-state index is 0.769. The van der Waals surface area contributed by atoms with Gasteiger partial charge in [0.1, 0.15) is 11.6 Å². The van der Waals surface area contributed by atoms with Gasteiger partial charge in [-0.3, -0.25) is 0 Å². The van der Waals surface area contributed by atoms with E-state index in [4.69, 9.17) is 4.74 Å². The van der Waals surface area contributed by atoms with E-state index in [1.54, 1.807) is 0 Å². The third kappa shape index (κ3) is 1.67. The fourth-order valence-corrected chi connectivity index (χ4v) is 2.79. The number of hydrogen-bond acceptors (Lipinski definition) is 3. The van der Waals surface area contributed by atoms with Gasteiger partial charge in [-0.05, 0) is 12.5 Å². The van der Waals surface area contributed by atoms with E-state index in [0.29, 0.717) is 0 Å². The smallest absolute Gasteiger partial charge is 0.130 e. The van der Waals surface area contributed by atoms with Crippen LogP contribution in [0.2, 0.25) is 0 Å². The average Bonchev–Trinajstić information content (AvgIpc) is 2.95. The Kier molecular flexibility index (Phi) is 2.46. The Morgan fingerprint density at radius 2 is 1.90 bits per heavy atom. The zero-order valence-corrected chi connectivity index (χ0v) is 11.3. The molecule has 1 aromatic heterocycles. The van der Waals surface area contributed by atoms with Crippen molar-refractivity contribution in [3.8, 4) is 16.9 Å². The lowest BCUT2D eigenvalue weighted by Gasteiger charge is -2.10. The summed E-state index contributed by atoms with van der Waals surface area (Å²) in [6, 6.07) is 12.5. The molecule has 0 amide bonds. The molecule has 1 aliphatic heterocycles. The van der Waals surface area contributed by atoms with Crippen LogP contribution in [0.1, 0.15) is 11.4 Å². The molecule has 0 fully saturated rings. The van der Waals surface area contributed by atoms with Crippen molar-refractivity contribution in [3.05, 3.63) is 54.0 Å². The Morgan fingerprint density at radius 3 is 2.85 bits per heavy atom.